The molecule has 0 aromatic heterocycles. The van der Waals surface area contributed by atoms with Crippen molar-refractivity contribution in [3.63, 3.8) is 0 Å². The molecule has 1 aromatic rings. The van der Waals surface area contributed by atoms with Crippen LogP contribution in [0.3, 0.4) is 0 Å². The molecule has 5 heteroatoms. The number of nitrogens with two attached hydrogens (primary N) is 1. The van der Waals surface area contributed by atoms with Gasteiger partial charge >= 0.3 is 0 Å². The predicted molar refractivity (Wildman–Crippen MR) is 55.9 cm³/mol. The van der Waals surface area contributed by atoms with E-state index in [2.05, 4.69) is 0 Å². The summed E-state index contributed by atoms with van der Waals surface area (Å²) in [6.45, 7) is 0. The van der Waals surface area contributed by atoms with Crippen molar-refractivity contribution in [1.29, 1.82) is 0 Å². The smallest absolute Gasteiger partial charge is 0.179 e. The van der Waals surface area contributed by atoms with Crippen molar-refractivity contribution in [2.24, 2.45) is 0 Å². The Balaban J connectivity index is 3.26. The minimum absolute atomic E-state index is 0.123. The number of halogens is 3. The maximum atomic E-state index is 11.2. The quantitative estimate of drug-likeness (QED) is 0.489. The molecule has 1 aromatic carbocycles. The summed E-state index contributed by atoms with van der Waals surface area (Å²) in [5, 5.41) is 0.517. The van der Waals surface area contributed by atoms with Crippen molar-refractivity contribution in [1.82, 2.24) is 0 Å². The Hall–Kier alpha value is -0.440. The van der Waals surface area contributed by atoms with Gasteiger partial charge in [-0.3, -0.25) is 4.79 Å². The van der Waals surface area contributed by atoms with Gasteiger partial charge in [0, 0.05) is 5.56 Å². The zero-order valence-corrected chi connectivity index (χ0v) is 8.75. The van der Waals surface area contributed by atoms with E-state index in [9.17, 15) is 4.79 Å². The number of carbonyl (C=O) groups is 1. The number of alkyl halides is 1. The zero-order chi connectivity index (χ0) is 10.0. The van der Waals surface area contributed by atoms with Gasteiger partial charge in [0.15, 0.2) is 5.78 Å². The molecule has 0 spiro atoms. The lowest BCUT2D eigenvalue weighted by atomic mass is 10.1. The normalized spacial score (nSPS) is 10.1. The molecule has 0 aliphatic carbocycles. The third-order valence-electron chi connectivity index (χ3n) is 1.55. The highest BCUT2D eigenvalue weighted by molar-refractivity contribution is 6.44. The number of rotatable bonds is 2. The molecule has 70 valence electrons. The van der Waals surface area contributed by atoms with E-state index in [1.807, 2.05) is 0 Å². The molecule has 0 amide bonds. The van der Waals surface area contributed by atoms with Crippen LogP contribution in [-0.4, -0.2) is 11.7 Å². The van der Waals surface area contributed by atoms with E-state index in [1.54, 1.807) is 0 Å². The van der Waals surface area contributed by atoms with Crippen LogP contribution in [0.5, 0.6) is 0 Å². The monoisotopic (exact) mass is 237 g/mol. The van der Waals surface area contributed by atoms with Crippen molar-refractivity contribution < 1.29 is 4.79 Å². The van der Waals surface area contributed by atoms with Crippen molar-refractivity contribution in [3.8, 4) is 0 Å². The molecule has 0 aliphatic heterocycles. The Morgan fingerprint density at radius 1 is 1.38 bits per heavy atom. The number of ketones is 1. The van der Waals surface area contributed by atoms with E-state index in [1.165, 1.54) is 12.1 Å². The Morgan fingerprint density at radius 3 is 2.54 bits per heavy atom. The first-order chi connectivity index (χ1) is 6.07. The first-order valence-electron chi connectivity index (χ1n) is 3.40. The van der Waals surface area contributed by atoms with E-state index < -0.39 is 0 Å². The fourth-order valence-electron chi connectivity index (χ4n) is 0.881. The van der Waals surface area contributed by atoms with Crippen LogP contribution in [0.1, 0.15) is 10.4 Å². The molecule has 13 heavy (non-hydrogen) atoms. The summed E-state index contributed by atoms with van der Waals surface area (Å²) in [6, 6.07) is 3.02. The first-order valence-corrected chi connectivity index (χ1v) is 4.69. The molecule has 0 bridgehead atoms. The standard InChI is InChI=1S/C8H6Cl3NO/c9-3-6(13)4-1-2-5(10)7(11)8(4)12/h1-2H,3,12H2. The average molecular weight is 239 g/mol. The van der Waals surface area contributed by atoms with E-state index in [0.717, 1.165) is 0 Å². The van der Waals surface area contributed by atoms with Gasteiger partial charge in [-0.05, 0) is 12.1 Å². The summed E-state index contributed by atoms with van der Waals surface area (Å²) in [4.78, 5) is 11.2. The molecular formula is C8H6Cl3NO. The number of anilines is 1. The highest BCUT2D eigenvalue weighted by Crippen LogP contribution is 2.30. The lowest BCUT2D eigenvalue weighted by molar-refractivity contribution is 0.102. The van der Waals surface area contributed by atoms with Gasteiger partial charge in [-0.1, -0.05) is 23.2 Å². The second-order valence-electron chi connectivity index (χ2n) is 2.38. The molecule has 0 atom stereocenters. The Labute approximate surface area is 90.6 Å². The van der Waals surface area contributed by atoms with Gasteiger partial charge in [0.1, 0.15) is 0 Å². The minimum Gasteiger partial charge on any atom is -0.397 e. The molecule has 0 radical (unpaired) electrons. The van der Waals surface area contributed by atoms with E-state index in [4.69, 9.17) is 40.5 Å². The molecule has 1 rings (SSSR count). The van der Waals surface area contributed by atoms with Crippen LogP contribution in [0.15, 0.2) is 12.1 Å². The SMILES string of the molecule is Nc1c(C(=O)CCl)ccc(Cl)c1Cl. The number of hydrogen-bond acceptors (Lipinski definition) is 2. The number of benzene rings is 1. The molecule has 0 fully saturated rings. The number of hydrogen-bond donors (Lipinski definition) is 1. The third-order valence-corrected chi connectivity index (χ3v) is 2.62. The highest BCUT2D eigenvalue weighted by atomic mass is 35.5. The van der Waals surface area contributed by atoms with Crippen molar-refractivity contribution in [2.45, 2.75) is 0 Å². The van der Waals surface area contributed by atoms with Gasteiger partial charge < -0.3 is 5.73 Å². The molecular weight excluding hydrogens is 232 g/mol. The van der Waals surface area contributed by atoms with Crippen molar-refractivity contribution >= 4 is 46.3 Å². The molecule has 0 unspecified atom stereocenters. The molecule has 0 saturated heterocycles. The maximum absolute atomic E-state index is 11.2. The van der Waals surface area contributed by atoms with Crippen LogP contribution in [-0.2, 0) is 0 Å². The highest BCUT2D eigenvalue weighted by Gasteiger charge is 2.12. The van der Waals surface area contributed by atoms with Gasteiger partial charge in [-0.2, -0.15) is 0 Å². The van der Waals surface area contributed by atoms with Gasteiger partial charge in [-0.15, -0.1) is 11.6 Å². The van der Waals surface area contributed by atoms with Gasteiger partial charge in [0.25, 0.3) is 0 Å². The molecule has 2 N–H and O–H groups in total. The summed E-state index contributed by atoms with van der Waals surface area (Å²) in [5.41, 5.74) is 6.05. The fraction of sp³-hybridized carbons (Fsp3) is 0.125. The molecule has 0 heterocycles. The second kappa shape index (κ2) is 4.18. The Kier molecular flexibility index (Phi) is 3.42. The summed E-state index contributed by atoms with van der Waals surface area (Å²) >= 11 is 16.8. The number of nitrogen functional groups attached to an aromatic ring is 1. The van der Waals surface area contributed by atoms with Gasteiger partial charge in [-0.25, -0.2) is 0 Å². The lowest BCUT2D eigenvalue weighted by Crippen LogP contribution is -2.05. The maximum Gasteiger partial charge on any atom is 0.179 e. The number of carbonyl (C=O) groups excluding carboxylic acids is 1. The van der Waals surface area contributed by atoms with Gasteiger partial charge in [0.05, 0.1) is 21.6 Å². The molecule has 2 nitrogen and oxygen atoms in total. The summed E-state index contributed by atoms with van der Waals surface area (Å²) < 4.78 is 0. The van der Waals surface area contributed by atoms with Crippen molar-refractivity contribution in [3.05, 3.63) is 27.7 Å². The third kappa shape index (κ3) is 2.08. The lowest BCUT2D eigenvalue weighted by Gasteiger charge is -2.05. The fourth-order valence-corrected chi connectivity index (χ4v) is 1.36. The van der Waals surface area contributed by atoms with Crippen LogP contribution in [0.25, 0.3) is 0 Å². The Bertz CT molecular complexity index is 351. The molecule has 0 saturated carbocycles. The van der Waals surface area contributed by atoms with Crippen molar-refractivity contribution in [2.75, 3.05) is 11.6 Å². The zero-order valence-electron chi connectivity index (χ0n) is 6.48. The average Bonchev–Trinajstić information content (AvgIpc) is 2.13. The second-order valence-corrected chi connectivity index (χ2v) is 3.43. The summed E-state index contributed by atoms with van der Waals surface area (Å²) in [7, 11) is 0. The van der Waals surface area contributed by atoms with Crippen LogP contribution in [0, 0.1) is 0 Å². The minimum atomic E-state index is -0.266. The van der Waals surface area contributed by atoms with Crippen LogP contribution >= 0.6 is 34.8 Å². The Morgan fingerprint density at radius 2 is 2.00 bits per heavy atom. The summed E-state index contributed by atoms with van der Waals surface area (Å²) in [5.74, 6) is -0.389. The summed E-state index contributed by atoms with van der Waals surface area (Å²) in [6.07, 6.45) is 0. The predicted octanol–water partition coefficient (Wildman–Crippen LogP) is 3.00. The number of Topliss-reactive ketones (excluding diaryl/α,β-unsaturated/α-hetero) is 1. The van der Waals surface area contributed by atoms with E-state index in [-0.39, 0.29) is 22.4 Å². The van der Waals surface area contributed by atoms with E-state index >= 15 is 0 Å². The molecule has 0 aliphatic rings. The van der Waals surface area contributed by atoms with Gasteiger partial charge in [0.2, 0.25) is 0 Å². The first kappa shape index (κ1) is 10.6. The van der Waals surface area contributed by atoms with Crippen LogP contribution in [0.4, 0.5) is 5.69 Å². The largest absolute Gasteiger partial charge is 0.397 e. The van der Waals surface area contributed by atoms with Crippen LogP contribution in [0.2, 0.25) is 10.0 Å². The van der Waals surface area contributed by atoms with E-state index in [0.29, 0.717) is 10.6 Å². The topological polar surface area (TPSA) is 43.1 Å². The van der Waals surface area contributed by atoms with Crippen LogP contribution < -0.4 is 5.73 Å².